The van der Waals surface area contributed by atoms with Crippen LogP contribution in [0.4, 0.5) is 0 Å². The highest BCUT2D eigenvalue weighted by Gasteiger charge is 2.13. The summed E-state index contributed by atoms with van der Waals surface area (Å²) in [5, 5.41) is 3.00. The van der Waals surface area contributed by atoms with E-state index >= 15 is 0 Å². The Balaban J connectivity index is 3.47. The zero-order valence-electron chi connectivity index (χ0n) is 8.05. The van der Waals surface area contributed by atoms with E-state index in [1.54, 1.807) is 7.11 Å². The van der Waals surface area contributed by atoms with Crippen LogP contribution in [0.1, 0.15) is 19.3 Å². The second-order valence-corrected chi connectivity index (χ2v) is 2.89. The normalized spacial score (nSPS) is 16.0. The topological polar surface area (TPSA) is 73.3 Å². The Morgan fingerprint density at radius 1 is 1.42 bits per heavy atom. The number of nitrogens with two attached hydrogens (primary N) is 2. The van der Waals surface area contributed by atoms with Gasteiger partial charge in [-0.05, 0) is 26.4 Å². The monoisotopic (exact) mass is 175 g/mol. The highest BCUT2D eigenvalue weighted by Crippen LogP contribution is 2.02. The Morgan fingerprint density at radius 2 is 2.08 bits per heavy atom. The molecule has 0 aliphatic rings. The van der Waals surface area contributed by atoms with Crippen LogP contribution in [-0.2, 0) is 4.74 Å². The number of rotatable bonds is 7. The number of hydrogen-bond donors (Lipinski definition) is 3. The third-order valence-corrected chi connectivity index (χ3v) is 1.92. The number of unbranched alkanes of at least 4 members (excludes halogenated alkanes) is 1. The van der Waals surface area contributed by atoms with Crippen LogP contribution in [0.15, 0.2) is 0 Å². The van der Waals surface area contributed by atoms with Crippen molar-refractivity contribution in [3.63, 3.8) is 0 Å². The van der Waals surface area contributed by atoms with Crippen LogP contribution in [0.2, 0.25) is 0 Å². The van der Waals surface area contributed by atoms with Gasteiger partial charge in [0.05, 0.1) is 0 Å². The summed E-state index contributed by atoms with van der Waals surface area (Å²) in [7, 11) is 3.50. The van der Waals surface area contributed by atoms with E-state index in [0.29, 0.717) is 0 Å². The number of nitrogens with one attached hydrogen (secondary N) is 1. The molecular weight excluding hydrogens is 154 g/mol. The molecule has 0 aromatic carbocycles. The summed E-state index contributed by atoms with van der Waals surface area (Å²) < 4.78 is 5.12. The molecule has 0 aromatic rings. The molecule has 4 heteroatoms. The van der Waals surface area contributed by atoms with Crippen molar-refractivity contribution in [1.82, 2.24) is 5.32 Å². The average molecular weight is 175 g/mol. The summed E-state index contributed by atoms with van der Waals surface area (Å²) >= 11 is 0. The van der Waals surface area contributed by atoms with Crippen LogP contribution in [-0.4, -0.2) is 33.0 Å². The van der Waals surface area contributed by atoms with Gasteiger partial charge >= 0.3 is 0 Å². The lowest BCUT2D eigenvalue weighted by Gasteiger charge is -2.21. The minimum atomic E-state index is -0.0391. The van der Waals surface area contributed by atoms with E-state index < -0.39 is 0 Å². The summed E-state index contributed by atoms with van der Waals surface area (Å²) in [6.45, 7) is 0.740. The van der Waals surface area contributed by atoms with Crippen LogP contribution in [0.5, 0.6) is 0 Å². The molecule has 0 bridgehead atoms. The third kappa shape index (κ3) is 4.66. The fraction of sp³-hybridized carbons (Fsp3) is 1.00. The SMILES string of the molecule is CNC(OC)[C@@H](N)CCCCN. The van der Waals surface area contributed by atoms with Gasteiger partial charge in [0.1, 0.15) is 6.23 Å². The number of ether oxygens (including phenoxy) is 1. The molecule has 0 aromatic heterocycles. The Kier molecular flexibility index (Phi) is 7.39. The van der Waals surface area contributed by atoms with Crippen molar-refractivity contribution in [2.24, 2.45) is 11.5 Å². The molecule has 0 aliphatic heterocycles. The largest absolute Gasteiger partial charge is 0.365 e. The molecule has 0 spiro atoms. The molecule has 1 unspecified atom stereocenters. The van der Waals surface area contributed by atoms with Crippen molar-refractivity contribution in [3.05, 3.63) is 0 Å². The van der Waals surface area contributed by atoms with Crippen LogP contribution in [0, 0.1) is 0 Å². The van der Waals surface area contributed by atoms with E-state index in [9.17, 15) is 0 Å². The minimum Gasteiger partial charge on any atom is -0.365 e. The van der Waals surface area contributed by atoms with Gasteiger partial charge in [-0.25, -0.2) is 0 Å². The van der Waals surface area contributed by atoms with Crippen molar-refractivity contribution in [2.75, 3.05) is 20.7 Å². The summed E-state index contributed by atoms with van der Waals surface area (Å²) in [5.41, 5.74) is 11.2. The van der Waals surface area contributed by atoms with Gasteiger partial charge in [-0.2, -0.15) is 0 Å². The van der Waals surface area contributed by atoms with Gasteiger partial charge in [0.2, 0.25) is 0 Å². The first-order valence-electron chi connectivity index (χ1n) is 4.42. The van der Waals surface area contributed by atoms with Gasteiger partial charge in [-0.3, -0.25) is 5.32 Å². The summed E-state index contributed by atoms with van der Waals surface area (Å²) in [6.07, 6.45) is 3.02. The highest BCUT2D eigenvalue weighted by atomic mass is 16.5. The molecule has 4 nitrogen and oxygen atoms in total. The number of likely N-dealkylation sites (N-methyl/N-ethyl adjacent to an activating group) is 1. The van der Waals surface area contributed by atoms with Crippen LogP contribution < -0.4 is 16.8 Å². The van der Waals surface area contributed by atoms with E-state index in [1.807, 2.05) is 7.05 Å². The third-order valence-electron chi connectivity index (χ3n) is 1.92. The molecule has 0 rings (SSSR count). The van der Waals surface area contributed by atoms with Gasteiger partial charge in [0.25, 0.3) is 0 Å². The molecule has 0 amide bonds. The van der Waals surface area contributed by atoms with Crippen LogP contribution >= 0.6 is 0 Å². The van der Waals surface area contributed by atoms with Crippen LogP contribution in [0.25, 0.3) is 0 Å². The molecule has 0 aliphatic carbocycles. The molecule has 5 N–H and O–H groups in total. The second kappa shape index (κ2) is 7.49. The Labute approximate surface area is 74.6 Å². The first-order chi connectivity index (χ1) is 5.76. The lowest BCUT2D eigenvalue weighted by atomic mass is 10.1. The first kappa shape index (κ1) is 11.8. The van der Waals surface area contributed by atoms with Crippen LogP contribution in [0.3, 0.4) is 0 Å². The highest BCUT2D eigenvalue weighted by molar-refractivity contribution is 4.69. The summed E-state index contributed by atoms with van der Waals surface area (Å²) in [4.78, 5) is 0. The van der Waals surface area contributed by atoms with Gasteiger partial charge in [0, 0.05) is 13.2 Å². The first-order valence-corrected chi connectivity index (χ1v) is 4.42. The predicted octanol–water partition coefficient (Wildman–Crippen LogP) is -0.365. The Morgan fingerprint density at radius 3 is 2.50 bits per heavy atom. The van der Waals surface area contributed by atoms with E-state index in [2.05, 4.69) is 5.32 Å². The predicted molar refractivity (Wildman–Crippen MR) is 50.7 cm³/mol. The molecule has 0 saturated carbocycles. The summed E-state index contributed by atoms with van der Waals surface area (Å²) in [5.74, 6) is 0. The Bertz CT molecular complexity index is 96.3. The summed E-state index contributed by atoms with van der Waals surface area (Å²) in [6, 6.07) is 0.0616. The van der Waals surface area contributed by atoms with Crippen molar-refractivity contribution < 1.29 is 4.74 Å². The zero-order chi connectivity index (χ0) is 9.40. The van der Waals surface area contributed by atoms with Gasteiger partial charge in [-0.1, -0.05) is 6.42 Å². The zero-order valence-corrected chi connectivity index (χ0v) is 8.05. The quantitative estimate of drug-likeness (QED) is 0.365. The van der Waals surface area contributed by atoms with Crippen molar-refractivity contribution in [2.45, 2.75) is 31.5 Å². The van der Waals surface area contributed by atoms with Crippen molar-refractivity contribution in [1.29, 1.82) is 0 Å². The van der Waals surface area contributed by atoms with Gasteiger partial charge < -0.3 is 16.2 Å². The molecule has 74 valence electrons. The van der Waals surface area contributed by atoms with E-state index in [4.69, 9.17) is 16.2 Å². The average Bonchev–Trinajstić information content (AvgIpc) is 2.07. The lowest BCUT2D eigenvalue weighted by molar-refractivity contribution is 0.0560. The molecule has 0 radical (unpaired) electrons. The maximum Gasteiger partial charge on any atom is 0.122 e. The molecular formula is C8H21N3O. The van der Waals surface area contributed by atoms with E-state index in [-0.39, 0.29) is 12.3 Å². The maximum atomic E-state index is 5.85. The fourth-order valence-corrected chi connectivity index (χ4v) is 1.18. The molecule has 0 fully saturated rings. The molecule has 0 heterocycles. The second-order valence-electron chi connectivity index (χ2n) is 2.89. The number of methoxy groups -OCH3 is 1. The fourth-order valence-electron chi connectivity index (χ4n) is 1.18. The van der Waals surface area contributed by atoms with Gasteiger partial charge in [0.15, 0.2) is 0 Å². The Hall–Kier alpha value is -0.160. The smallest absolute Gasteiger partial charge is 0.122 e. The minimum absolute atomic E-state index is 0.0391. The van der Waals surface area contributed by atoms with E-state index in [0.717, 1.165) is 25.8 Å². The lowest BCUT2D eigenvalue weighted by Crippen LogP contribution is -2.44. The maximum absolute atomic E-state index is 5.85. The molecule has 0 saturated heterocycles. The van der Waals surface area contributed by atoms with Crippen molar-refractivity contribution in [3.8, 4) is 0 Å². The molecule has 2 atom stereocenters. The van der Waals surface area contributed by atoms with Gasteiger partial charge in [-0.15, -0.1) is 0 Å². The standard InChI is InChI=1S/C8H21N3O/c1-11-8(12-2)7(10)5-3-4-6-9/h7-8,11H,3-6,9-10H2,1-2H3/t7-,8?/m0/s1. The number of hydrogen-bond acceptors (Lipinski definition) is 4. The van der Waals surface area contributed by atoms with Crippen molar-refractivity contribution >= 4 is 0 Å². The van der Waals surface area contributed by atoms with E-state index in [1.165, 1.54) is 0 Å². The molecule has 12 heavy (non-hydrogen) atoms.